The van der Waals surface area contributed by atoms with E-state index in [2.05, 4.69) is 10.0 Å². The van der Waals surface area contributed by atoms with E-state index in [-0.39, 0.29) is 0 Å². The van der Waals surface area contributed by atoms with E-state index >= 15 is 0 Å². The molecule has 0 aliphatic carbocycles. The molecule has 19 heavy (non-hydrogen) atoms. The molecule has 1 rings (SSSR count). The normalized spacial score (nSPS) is 12.7. The van der Waals surface area contributed by atoms with E-state index in [1.54, 1.807) is 6.07 Å². The van der Waals surface area contributed by atoms with Crippen molar-refractivity contribution in [2.75, 3.05) is 7.05 Å². The largest absolute Gasteiger partial charge is 0.316 e. The van der Waals surface area contributed by atoms with Gasteiger partial charge in [-0.1, -0.05) is 6.07 Å². The van der Waals surface area contributed by atoms with Crippen molar-refractivity contribution in [1.82, 2.24) is 10.0 Å². The fourth-order valence-electron chi connectivity index (χ4n) is 1.98. The minimum absolute atomic E-state index is 0.361. The molecule has 1 aromatic carbocycles. The predicted octanol–water partition coefficient (Wildman–Crippen LogP) is 2.10. The fourth-order valence-corrected chi connectivity index (χ4v) is 3.70. The van der Waals surface area contributed by atoms with E-state index in [9.17, 15) is 8.42 Å². The number of rotatable bonds is 4. The molecule has 0 atom stereocenters. The minimum Gasteiger partial charge on any atom is -0.316 e. The second kappa shape index (κ2) is 5.61. The molecule has 0 saturated heterocycles. The first-order chi connectivity index (χ1) is 8.58. The molecule has 0 spiro atoms. The Hall–Kier alpha value is -0.910. The van der Waals surface area contributed by atoms with E-state index in [1.807, 2.05) is 47.7 Å². The maximum atomic E-state index is 12.4. The van der Waals surface area contributed by atoms with Gasteiger partial charge in [0.25, 0.3) is 0 Å². The molecule has 0 radical (unpaired) electrons. The molecule has 0 unspecified atom stereocenters. The average molecular weight is 284 g/mol. The summed E-state index contributed by atoms with van der Waals surface area (Å²) < 4.78 is 27.4. The number of nitrogens with one attached hydrogen (secondary N) is 2. The van der Waals surface area contributed by atoms with Crippen molar-refractivity contribution < 1.29 is 8.42 Å². The predicted molar refractivity (Wildman–Crippen MR) is 78.8 cm³/mol. The van der Waals surface area contributed by atoms with Crippen molar-refractivity contribution in [2.45, 2.75) is 51.6 Å². The molecular weight excluding hydrogens is 260 g/mol. The van der Waals surface area contributed by atoms with E-state index in [1.165, 1.54) is 0 Å². The standard InChI is InChI=1S/C14H24N2O2S/c1-10-11(2)13(8-7-12(10)9-15-6)19(17,18)16-14(3,4)5/h7-8,15-16H,9H2,1-6H3. The maximum Gasteiger partial charge on any atom is 0.241 e. The lowest BCUT2D eigenvalue weighted by molar-refractivity contribution is 0.491. The van der Waals surface area contributed by atoms with Crippen molar-refractivity contribution >= 4 is 10.0 Å². The monoisotopic (exact) mass is 284 g/mol. The van der Waals surface area contributed by atoms with Gasteiger partial charge in [0.1, 0.15) is 0 Å². The highest BCUT2D eigenvalue weighted by Crippen LogP contribution is 2.23. The van der Waals surface area contributed by atoms with Crippen molar-refractivity contribution in [3.8, 4) is 0 Å². The molecule has 1 aromatic rings. The summed E-state index contributed by atoms with van der Waals surface area (Å²) >= 11 is 0. The molecule has 0 aromatic heterocycles. The van der Waals surface area contributed by atoms with E-state index in [0.29, 0.717) is 4.90 Å². The number of sulfonamides is 1. The van der Waals surface area contributed by atoms with Crippen molar-refractivity contribution in [1.29, 1.82) is 0 Å². The van der Waals surface area contributed by atoms with Gasteiger partial charge in [-0.2, -0.15) is 0 Å². The summed E-state index contributed by atoms with van der Waals surface area (Å²) in [5, 5.41) is 3.08. The lowest BCUT2D eigenvalue weighted by Gasteiger charge is -2.22. The van der Waals surface area contributed by atoms with E-state index in [0.717, 1.165) is 23.2 Å². The Kier molecular flexibility index (Phi) is 4.76. The fraction of sp³-hybridized carbons (Fsp3) is 0.571. The van der Waals surface area contributed by atoms with Crippen LogP contribution in [0.4, 0.5) is 0 Å². The summed E-state index contributed by atoms with van der Waals surface area (Å²) in [6, 6.07) is 3.55. The molecule has 0 saturated carbocycles. The van der Waals surface area contributed by atoms with Crippen LogP contribution in [0.15, 0.2) is 17.0 Å². The van der Waals surface area contributed by atoms with Crippen LogP contribution in [-0.2, 0) is 16.6 Å². The third-order valence-electron chi connectivity index (χ3n) is 2.95. The SMILES string of the molecule is CNCc1ccc(S(=O)(=O)NC(C)(C)C)c(C)c1C. The maximum absolute atomic E-state index is 12.4. The molecule has 0 aliphatic heterocycles. The lowest BCUT2D eigenvalue weighted by atomic mass is 10.0. The summed E-state index contributed by atoms with van der Waals surface area (Å²) in [6.45, 7) is 10.1. The van der Waals surface area contributed by atoms with Gasteiger partial charge in [-0.3, -0.25) is 0 Å². The quantitative estimate of drug-likeness (QED) is 0.890. The van der Waals surface area contributed by atoms with Crippen LogP contribution < -0.4 is 10.0 Å². The van der Waals surface area contributed by atoms with Crippen LogP contribution in [0.25, 0.3) is 0 Å². The highest BCUT2D eigenvalue weighted by atomic mass is 32.2. The summed E-state index contributed by atoms with van der Waals surface area (Å²) in [4.78, 5) is 0.361. The molecule has 0 heterocycles. The minimum atomic E-state index is -3.47. The molecule has 4 nitrogen and oxygen atoms in total. The van der Waals surface area contributed by atoms with Crippen molar-refractivity contribution in [2.24, 2.45) is 0 Å². The highest BCUT2D eigenvalue weighted by molar-refractivity contribution is 7.89. The smallest absolute Gasteiger partial charge is 0.241 e. The Morgan fingerprint density at radius 2 is 1.68 bits per heavy atom. The topological polar surface area (TPSA) is 58.2 Å². The second-order valence-corrected chi connectivity index (χ2v) is 7.51. The van der Waals surface area contributed by atoms with Crippen molar-refractivity contribution in [3.05, 3.63) is 28.8 Å². The Morgan fingerprint density at radius 1 is 1.11 bits per heavy atom. The van der Waals surface area contributed by atoms with Crippen LogP contribution in [0.5, 0.6) is 0 Å². The lowest BCUT2D eigenvalue weighted by Crippen LogP contribution is -2.40. The first-order valence-electron chi connectivity index (χ1n) is 6.36. The summed E-state index contributed by atoms with van der Waals surface area (Å²) in [7, 11) is -1.60. The van der Waals surface area contributed by atoms with Gasteiger partial charge >= 0.3 is 0 Å². The van der Waals surface area contributed by atoms with Gasteiger partial charge in [0.15, 0.2) is 0 Å². The number of hydrogen-bond acceptors (Lipinski definition) is 3. The van der Waals surface area contributed by atoms with Gasteiger partial charge in [0, 0.05) is 12.1 Å². The Morgan fingerprint density at radius 3 is 2.16 bits per heavy atom. The first-order valence-corrected chi connectivity index (χ1v) is 7.84. The molecule has 108 valence electrons. The van der Waals surface area contributed by atoms with Crippen molar-refractivity contribution in [3.63, 3.8) is 0 Å². The van der Waals surface area contributed by atoms with E-state index < -0.39 is 15.6 Å². The Bertz CT molecular complexity index is 558. The van der Waals surface area contributed by atoms with Crippen LogP contribution in [0.1, 0.15) is 37.5 Å². The van der Waals surface area contributed by atoms with Crippen LogP contribution >= 0.6 is 0 Å². The van der Waals surface area contributed by atoms with Gasteiger partial charge in [-0.25, -0.2) is 13.1 Å². The average Bonchev–Trinajstić information content (AvgIpc) is 2.21. The Labute approximate surface area is 116 Å². The van der Waals surface area contributed by atoms with Crippen LogP contribution in [-0.4, -0.2) is 21.0 Å². The highest BCUT2D eigenvalue weighted by Gasteiger charge is 2.24. The summed E-state index contributed by atoms with van der Waals surface area (Å²) in [5.41, 5.74) is 2.47. The first kappa shape index (κ1) is 16.1. The molecule has 0 aliphatic rings. The molecule has 0 fully saturated rings. The van der Waals surface area contributed by atoms with Crippen LogP contribution in [0.3, 0.4) is 0 Å². The number of hydrogen-bond donors (Lipinski definition) is 2. The van der Waals surface area contributed by atoms with Crippen LogP contribution in [0.2, 0.25) is 0 Å². The third-order valence-corrected chi connectivity index (χ3v) is 4.85. The zero-order valence-corrected chi connectivity index (χ0v) is 13.4. The zero-order valence-electron chi connectivity index (χ0n) is 12.6. The van der Waals surface area contributed by atoms with E-state index in [4.69, 9.17) is 0 Å². The number of benzene rings is 1. The summed E-state index contributed by atoms with van der Waals surface area (Å²) in [6.07, 6.45) is 0. The van der Waals surface area contributed by atoms with Gasteiger partial charge in [-0.05, 0) is 64.4 Å². The van der Waals surface area contributed by atoms with Gasteiger partial charge in [-0.15, -0.1) is 0 Å². The summed E-state index contributed by atoms with van der Waals surface area (Å²) in [5.74, 6) is 0. The molecule has 2 N–H and O–H groups in total. The molecular formula is C14H24N2O2S. The molecule has 0 bridgehead atoms. The molecule has 5 heteroatoms. The second-order valence-electron chi connectivity index (χ2n) is 5.86. The zero-order chi connectivity index (χ0) is 14.8. The molecule has 0 amide bonds. The third kappa shape index (κ3) is 4.03. The Balaban J connectivity index is 3.26. The van der Waals surface area contributed by atoms with Gasteiger partial charge in [0.2, 0.25) is 10.0 Å². The van der Waals surface area contributed by atoms with Gasteiger partial charge in [0.05, 0.1) is 4.90 Å². The van der Waals surface area contributed by atoms with Crippen LogP contribution in [0, 0.1) is 13.8 Å². The van der Waals surface area contributed by atoms with Gasteiger partial charge < -0.3 is 5.32 Å².